The summed E-state index contributed by atoms with van der Waals surface area (Å²) >= 11 is 9.27. The molecule has 1 fully saturated rings. The van der Waals surface area contributed by atoms with E-state index in [4.69, 9.17) is 16.3 Å². The molecule has 104 valence electrons. The Labute approximate surface area is 126 Å². The molecule has 5 heteroatoms. The SMILES string of the molecule is O=C(NCCC1CCCCO1)c1ccc(Br)c(Cl)c1. The highest BCUT2D eigenvalue weighted by molar-refractivity contribution is 9.10. The fraction of sp³-hybridized carbons (Fsp3) is 0.500. The van der Waals surface area contributed by atoms with Gasteiger partial charge in [-0.3, -0.25) is 4.79 Å². The number of rotatable bonds is 4. The quantitative estimate of drug-likeness (QED) is 0.900. The Hall–Kier alpha value is -0.580. The van der Waals surface area contributed by atoms with Gasteiger partial charge in [-0.05, 0) is 59.8 Å². The zero-order valence-corrected chi connectivity index (χ0v) is 13.0. The van der Waals surface area contributed by atoms with Crippen LogP contribution in [-0.4, -0.2) is 25.2 Å². The van der Waals surface area contributed by atoms with E-state index in [1.54, 1.807) is 18.2 Å². The van der Waals surface area contributed by atoms with Crippen LogP contribution >= 0.6 is 27.5 Å². The number of hydrogen-bond donors (Lipinski definition) is 1. The number of hydrogen-bond acceptors (Lipinski definition) is 2. The van der Waals surface area contributed by atoms with Gasteiger partial charge in [-0.25, -0.2) is 0 Å². The zero-order valence-electron chi connectivity index (χ0n) is 10.6. The molecule has 0 aromatic heterocycles. The Morgan fingerprint density at radius 3 is 3.00 bits per heavy atom. The third kappa shape index (κ3) is 4.48. The van der Waals surface area contributed by atoms with Gasteiger partial charge in [0.25, 0.3) is 5.91 Å². The van der Waals surface area contributed by atoms with Crippen molar-refractivity contribution < 1.29 is 9.53 Å². The summed E-state index contributed by atoms with van der Waals surface area (Å²) in [5.41, 5.74) is 0.581. The molecule has 1 heterocycles. The van der Waals surface area contributed by atoms with Crippen molar-refractivity contribution in [1.29, 1.82) is 0 Å². The normalized spacial score (nSPS) is 19.2. The van der Waals surface area contributed by atoms with Crippen LogP contribution in [0.15, 0.2) is 22.7 Å². The smallest absolute Gasteiger partial charge is 0.251 e. The van der Waals surface area contributed by atoms with Crippen LogP contribution in [0.5, 0.6) is 0 Å². The van der Waals surface area contributed by atoms with Crippen LogP contribution in [0.4, 0.5) is 0 Å². The maximum absolute atomic E-state index is 11.9. The van der Waals surface area contributed by atoms with Gasteiger partial charge in [0.2, 0.25) is 0 Å². The monoisotopic (exact) mass is 345 g/mol. The van der Waals surface area contributed by atoms with Crippen molar-refractivity contribution in [2.75, 3.05) is 13.2 Å². The average molecular weight is 347 g/mol. The van der Waals surface area contributed by atoms with Crippen LogP contribution in [0.2, 0.25) is 5.02 Å². The number of amides is 1. The Kier molecular flexibility index (Phi) is 5.67. The molecule has 1 saturated heterocycles. The topological polar surface area (TPSA) is 38.3 Å². The molecule has 1 unspecified atom stereocenters. The molecular weight excluding hydrogens is 330 g/mol. The van der Waals surface area contributed by atoms with Gasteiger partial charge in [-0.2, -0.15) is 0 Å². The van der Waals surface area contributed by atoms with E-state index >= 15 is 0 Å². The molecule has 1 aromatic rings. The highest BCUT2D eigenvalue weighted by atomic mass is 79.9. The fourth-order valence-corrected chi connectivity index (χ4v) is 2.55. The predicted octanol–water partition coefficient (Wildman–Crippen LogP) is 3.79. The molecule has 3 nitrogen and oxygen atoms in total. The Morgan fingerprint density at radius 1 is 1.47 bits per heavy atom. The Balaban J connectivity index is 1.78. The van der Waals surface area contributed by atoms with E-state index in [-0.39, 0.29) is 5.91 Å². The van der Waals surface area contributed by atoms with Crippen LogP contribution < -0.4 is 5.32 Å². The first-order valence-electron chi connectivity index (χ1n) is 6.51. The van der Waals surface area contributed by atoms with Crippen molar-refractivity contribution in [2.45, 2.75) is 31.8 Å². The highest BCUT2D eigenvalue weighted by Crippen LogP contribution is 2.23. The molecular formula is C14H17BrClNO2. The van der Waals surface area contributed by atoms with Crippen LogP contribution in [0, 0.1) is 0 Å². The van der Waals surface area contributed by atoms with Crippen LogP contribution in [0.1, 0.15) is 36.0 Å². The van der Waals surface area contributed by atoms with Crippen LogP contribution in [-0.2, 0) is 4.74 Å². The van der Waals surface area contributed by atoms with Gasteiger partial charge < -0.3 is 10.1 Å². The minimum Gasteiger partial charge on any atom is -0.378 e. The summed E-state index contributed by atoms with van der Waals surface area (Å²) in [5.74, 6) is -0.0924. The first kappa shape index (κ1) is 14.8. The van der Waals surface area contributed by atoms with Crippen molar-refractivity contribution in [3.8, 4) is 0 Å². The van der Waals surface area contributed by atoms with E-state index in [1.165, 1.54) is 6.42 Å². The minimum atomic E-state index is -0.0924. The molecule has 0 bridgehead atoms. The van der Waals surface area contributed by atoms with Gasteiger partial charge >= 0.3 is 0 Å². The van der Waals surface area contributed by atoms with E-state index in [1.807, 2.05) is 0 Å². The summed E-state index contributed by atoms with van der Waals surface area (Å²) in [6.07, 6.45) is 4.64. The largest absolute Gasteiger partial charge is 0.378 e. The third-order valence-electron chi connectivity index (χ3n) is 3.21. The molecule has 1 N–H and O–H groups in total. The first-order chi connectivity index (χ1) is 9.16. The predicted molar refractivity (Wildman–Crippen MR) is 79.7 cm³/mol. The van der Waals surface area contributed by atoms with E-state index in [2.05, 4.69) is 21.2 Å². The number of carbonyl (C=O) groups excluding carboxylic acids is 1. The molecule has 1 aliphatic heterocycles. The second-order valence-electron chi connectivity index (χ2n) is 4.66. The summed E-state index contributed by atoms with van der Waals surface area (Å²) < 4.78 is 6.41. The van der Waals surface area contributed by atoms with Crippen molar-refractivity contribution in [3.05, 3.63) is 33.3 Å². The lowest BCUT2D eigenvalue weighted by atomic mass is 10.1. The third-order valence-corrected chi connectivity index (χ3v) is 4.44. The van der Waals surface area contributed by atoms with Gasteiger partial charge in [0, 0.05) is 23.2 Å². The standard InChI is InChI=1S/C14H17BrClNO2/c15-12-5-4-10(9-13(12)16)14(18)17-7-6-11-3-1-2-8-19-11/h4-5,9,11H,1-3,6-8H2,(H,17,18). The molecule has 0 saturated carbocycles. The van der Waals surface area contributed by atoms with Crippen molar-refractivity contribution in [1.82, 2.24) is 5.32 Å². The molecule has 2 rings (SSSR count). The minimum absolute atomic E-state index is 0.0924. The van der Waals surface area contributed by atoms with E-state index in [9.17, 15) is 4.79 Å². The summed E-state index contributed by atoms with van der Waals surface area (Å²) in [5, 5.41) is 3.44. The fourth-order valence-electron chi connectivity index (χ4n) is 2.12. The number of nitrogens with one attached hydrogen (secondary N) is 1. The van der Waals surface area contributed by atoms with E-state index in [0.29, 0.717) is 23.2 Å². The lowest BCUT2D eigenvalue weighted by molar-refractivity contribution is 0.0117. The number of carbonyl (C=O) groups is 1. The Bertz CT molecular complexity index is 447. The molecule has 1 amide bonds. The first-order valence-corrected chi connectivity index (χ1v) is 7.69. The molecule has 0 aliphatic carbocycles. The van der Waals surface area contributed by atoms with Crippen molar-refractivity contribution >= 4 is 33.4 Å². The molecule has 19 heavy (non-hydrogen) atoms. The van der Waals surface area contributed by atoms with Crippen molar-refractivity contribution in [3.63, 3.8) is 0 Å². The summed E-state index contributed by atoms with van der Waals surface area (Å²) in [6, 6.07) is 5.20. The molecule has 1 aromatic carbocycles. The summed E-state index contributed by atoms with van der Waals surface area (Å²) in [7, 11) is 0. The number of ether oxygens (including phenoxy) is 1. The maximum atomic E-state index is 11.9. The van der Waals surface area contributed by atoms with Gasteiger partial charge in [0.15, 0.2) is 0 Å². The Morgan fingerprint density at radius 2 is 2.32 bits per heavy atom. The lowest BCUT2D eigenvalue weighted by Gasteiger charge is -2.22. The van der Waals surface area contributed by atoms with Gasteiger partial charge in [-0.15, -0.1) is 0 Å². The summed E-state index contributed by atoms with van der Waals surface area (Å²) in [4.78, 5) is 11.9. The van der Waals surface area contributed by atoms with Crippen molar-refractivity contribution in [2.24, 2.45) is 0 Å². The van der Waals surface area contributed by atoms with Gasteiger partial charge in [0.1, 0.15) is 0 Å². The number of benzene rings is 1. The van der Waals surface area contributed by atoms with Crippen LogP contribution in [0.25, 0.3) is 0 Å². The zero-order chi connectivity index (χ0) is 13.7. The van der Waals surface area contributed by atoms with Gasteiger partial charge in [-0.1, -0.05) is 11.6 Å². The maximum Gasteiger partial charge on any atom is 0.251 e. The molecule has 0 radical (unpaired) electrons. The lowest BCUT2D eigenvalue weighted by Crippen LogP contribution is -2.29. The molecule has 0 spiro atoms. The number of halogens is 2. The average Bonchev–Trinajstić information content (AvgIpc) is 2.43. The molecule has 1 aliphatic rings. The summed E-state index contributed by atoms with van der Waals surface area (Å²) in [6.45, 7) is 1.48. The van der Waals surface area contributed by atoms with Gasteiger partial charge in [0.05, 0.1) is 11.1 Å². The van der Waals surface area contributed by atoms with Crippen LogP contribution in [0.3, 0.4) is 0 Å². The second-order valence-corrected chi connectivity index (χ2v) is 5.92. The van der Waals surface area contributed by atoms with E-state index in [0.717, 1.165) is 30.3 Å². The van der Waals surface area contributed by atoms with E-state index < -0.39 is 0 Å². The second kappa shape index (κ2) is 7.27. The highest BCUT2D eigenvalue weighted by Gasteiger charge is 2.14. The molecule has 1 atom stereocenters.